The number of amidine groups is 2. The van der Waals surface area contributed by atoms with Crippen molar-refractivity contribution in [2.45, 2.75) is 12.7 Å². The van der Waals surface area contributed by atoms with Gasteiger partial charge in [0.2, 0.25) is 0 Å². The molecule has 2 N–H and O–H groups in total. The number of rotatable bonds is 5. The first-order valence-electron chi connectivity index (χ1n) is 5.74. The third-order valence-corrected chi connectivity index (χ3v) is 4.20. The van der Waals surface area contributed by atoms with Gasteiger partial charge in [-0.3, -0.25) is 0 Å². The van der Waals surface area contributed by atoms with Gasteiger partial charge in [-0.2, -0.15) is 20.2 Å². The first kappa shape index (κ1) is 14.8. The van der Waals surface area contributed by atoms with Crippen LogP contribution in [0.4, 0.5) is 0 Å². The molecule has 1 aromatic heterocycles. The molecular weight excluding hydrogens is 304 g/mol. The fourth-order valence-corrected chi connectivity index (χ4v) is 3.09. The van der Waals surface area contributed by atoms with E-state index in [0.717, 1.165) is 17.1 Å². The molecule has 0 amide bonds. The zero-order chi connectivity index (χ0) is 14.6. The zero-order valence-corrected chi connectivity index (χ0v) is 12.6. The largest absolute Gasteiger partial charge is 0.369 e. The van der Waals surface area contributed by atoms with Gasteiger partial charge < -0.3 is 10.6 Å². The van der Waals surface area contributed by atoms with Crippen molar-refractivity contribution in [1.82, 2.24) is 20.9 Å². The van der Waals surface area contributed by atoms with Gasteiger partial charge in [-0.1, -0.05) is 10.3 Å². The van der Waals surface area contributed by atoms with Gasteiger partial charge in [-0.05, 0) is 6.92 Å². The molecule has 0 fully saturated rings. The average Bonchev–Trinajstić information content (AvgIpc) is 2.92. The molecule has 0 aromatic carbocycles. The fraction of sp³-hybridized carbons (Fsp3) is 0.556. The second-order valence-electron chi connectivity index (χ2n) is 3.85. The summed E-state index contributed by atoms with van der Waals surface area (Å²) >= 11 is 1.63. The lowest BCUT2D eigenvalue weighted by atomic mass is 10.4. The Morgan fingerprint density at radius 1 is 1.25 bits per heavy atom. The van der Waals surface area contributed by atoms with Crippen LogP contribution in [0.3, 0.4) is 0 Å². The number of nitrogens with zero attached hydrogens (tertiary/aromatic N) is 4. The van der Waals surface area contributed by atoms with Crippen molar-refractivity contribution in [3.8, 4) is 0 Å². The van der Waals surface area contributed by atoms with E-state index in [1.807, 2.05) is 6.92 Å². The van der Waals surface area contributed by atoms with E-state index in [1.54, 1.807) is 18.8 Å². The van der Waals surface area contributed by atoms with Crippen molar-refractivity contribution < 1.29 is 13.0 Å². The molecule has 0 saturated carbocycles. The minimum atomic E-state index is -3.73. The minimum Gasteiger partial charge on any atom is -0.369 e. The molecule has 0 atom stereocenters. The molecule has 11 heteroatoms. The molecule has 2 heterocycles. The van der Waals surface area contributed by atoms with E-state index in [-0.39, 0.29) is 11.7 Å². The van der Waals surface area contributed by atoms with Gasteiger partial charge in [0.05, 0.1) is 0 Å². The van der Waals surface area contributed by atoms with Crippen LogP contribution in [0.1, 0.15) is 11.4 Å². The second-order valence-corrected chi connectivity index (χ2v) is 6.22. The number of hydrogen-bond donors (Lipinski definition) is 2. The van der Waals surface area contributed by atoms with Crippen LogP contribution < -0.4 is 10.6 Å². The molecule has 0 spiro atoms. The zero-order valence-electron chi connectivity index (χ0n) is 11.0. The lowest BCUT2D eigenvalue weighted by Gasteiger charge is -2.06. The maximum absolute atomic E-state index is 11.2. The molecular formula is C9H14N6O3S2. The summed E-state index contributed by atoms with van der Waals surface area (Å²) in [7, 11) is -2.14. The van der Waals surface area contributed by atoms with E-state index in [1.165, 1.54) is 0 Å². The molecule has 0 aliphatic carbocycles. The van der Waals surface area contributed by atoms with E-state index in [0.29, 0.717) is 12.3 Å². The topological polar surface area (TPSA) is 122 Å². The lowest BCUT2D eigenvalue weighted by Crippen LogP contribution is -2.37. The molecule has 0 bridgehead atoms. The fourth-order valence-electron chi connectivity index (χ4n) is 1.41. The quantitative estimate of drug-likeness (QED) is 0.695. The van der Waals surface area contributed by atoms with Crippen molar-refractivity contribution in [2.24, 2.45) is 8.80 Å². The summed E-state index contributed by atoms with van der Waals surface area (Å²) in [5.41, 5.74) is 1.59. The van der Waals surface area contributed by atoms with Crippen molar-refractivity contribution in [1.29, 1.82) is 0 Å². The van der Waals surface area contributed by atoms with Gasteiger partial charge in [0.25, 0.3) is 0 Å². The van der Waals surface area contributed by atoms with Gasteiger partial charge in [-0.25, -0.2) is 4.63 Å². The van der Waals surface area contributed by atoms with Crippen LogP contribution in [0.2, 0.25) is 0 Å². The summed E-state index contributed by atoms with van der Waals surface area (Å²) in [6.45, 7) is 2.39. The Hall–Kier alpha value is -1.62. The summed E-state index contributed by atoms with van der Waals surface area (Å²) < 4.78 is 34.0. The van der Waals surface area contributed by atoms with Crippen LogP contribution in [0.5, 0.6) is 0 Å². The van der Waals surface area contributed by atoms with Crippen LogP contribution in [-0.4, -0.2) is 49.7 Å². The number of thioether (sulfide) groups is 1. The number of nitrogens with one attached hydrogen (secondary N) is 2. The van der Waals surface area contributed by atoms with E-state index in [2.05, 4.69) is 34.4 Å². The Kier molecular flexibility index (Phi) is 4.60. The van der Waals surface area contributed by atoms with Crippen LogP contribution in [0.15, 0.2) is 13.4 Å². The highest BCUT2D eigenvalue weighted by Crippen LogP contribution is 2.11. The van der Waals surface area contributed by atoms with Gasteiger partial charge in [0.1, 0.15) is 11.4 Å². The molecule has 0 radical (unpaired) electrons. The first-order chi connectivity index (χ1) is 9.52. The van der Waals surface area contributed by atoms with Gasteiger partial charge in [0.15, 0.2) is 11.7 Å². The Morgan fingerprint density at radius 3 is 2.65 bits per heavy atom. The maximum atomic E-state index is 11.2. The van der Waals surface area contributed by atoms with Crippen molar-refractivity contribution in [2.75, 3.05) is 19.3 Å². The highest BCUT2D eigenvalue weighted by atomic mass is 32.2. The molecule has 0 unspecified atom stereocenters. The molecule has 1 aliphatic rings. The third-order valence-electron chi connectivity index (χ3n) is 2.40. The van der Waals surface area contributed by atoms with Crippen LogP contribution >= 0.6 is 11.8 Å². The normalized spacial score (nSPS) is 16.7. The second kappa shape index (κ2) is 6.22. The Bertz CT molecular complexity index is 636. The number of hydrogen-bond acceptors (Lipinski definition) is 8. The Labute approximate surface area is 120 Å². The number of aryl methyl sites for hydroxylation is 1. The van der Waals surface area contributed by atoms with Crippen molar-refractivity contribution >= 4 is 33.6 Å². The highest BCUT2D eigenvalue weighted by molar-refractivity contribution is 7.98. The van der Waals surface area contributed by atoms with E-state index < -0.39 is 10.2 Å². The predicted octanol–water partition coefficient (Wildman–Crippen LogP) is -0.524. The smallest absolute Gasteiger partial charge is 0.367 e. The van der Waals surface area contributed by atoms with Crippen molar-refractivity contribution in [3.05, 3.63) is 11.4 Å². The van der Waals surface area contributed by atoms with Crippen molar-refractivity contribution in [3.63, 3.8) is 0 Å². The molecule has 1 aromatic rings. The first-order valence-corrected chi connectivity index (χ1v) is 8.29. The molecule has 1 aliphatic heterocycles. The molecule has 20 heavy (non-hydrogen) atoms. The third kappa shape index (κ3) is 3.70. The molecule has 110 valence electrons. The van der Waals surface area contributed by atoms with Crippen LogP contribution in [0, 0.1) is 6.92 Å². The predicted molar refractivity (Wildman–Crippen MR) is 76.0 cm³/mol. The summed E-state index contributed by atoms with van der Waals surface area (Å²) in [4.78, 5) is 0. The molecule has 0 saturated heterocycles. The van der Waals surface area contributed by atoms with Gasteiger partial charge >= 0.3 is 10.2 Å². The SMILES string of the molecule is CNC1=NS(=O)(=O)N=C1NCCSCc1nonc1C. The van der Waals surface area contributed by atoms with E-state index in [4.69, 9.17) is 0 Å². The minimum absolute atomic E-state index is 0.228. The van der Waals surface area contributed by atoms with Crippen LogP contribution in [-0.2, 0) is 16.0 Å². The average molecular weight is 318 g/mol. The van der Waals surface area contributed by atoms with E-state index in [9.17, 15) is 8.42 Å². The summed E-state index contributed by atoms with van der Waals surface area (Å²) in [5.74, 6) is 1.91. The lowest BCUT2D eigenvalue weighted by molar-refractivity contribution is 0.302. The van der Waals surface area contributed by atoms with Crippen LogP contribution in [0.25, 0.3) is 0 Å². The summed E-state index contributed by atoms with van der Waals surface area (Å²) in [6, 6.07) is 0. The van der Waals surface area contributed by atoms with E-state index >= 15 is 0 Å². The highest BCUT2D eigenvalue weighted by Gasteiger charge is 2.22. The standard InChI is InChI=1S/C9H14N6O3S2/c1-6-7(13-18-12-6)5-19-4-3-11-9-8(10-2)14-20(16,17)15-9/h3-5H2,1-2H3,(H,10,14)(H,11,15). The summed E-state index contributed by atoms with van der Waals surface area (Å²) in [5, 5.41) is 13.1. The van der Waals surface area contributed by atoms with Gasteiger partial charge in [0, 0.05) is 25.1 Å². The number of aromatic nitrogens is 2. The molecule has 2 rings (SSSR count). The Morgan fingerprint density at radius 2 is 2.00 bits per heavy atom. The Balaban J connectivity index is 1.74. The summed E-state index contributed by atoms with van der Waals surface area (Å²) in [6.07, 6.45) is 0. The maximum Gasteiger partial charge on any atom is 0.367 e. The number of likely N-dealkylation sites (N-methyl/N-ethyl adjacent to an activating group) is 1. The molecule has 9 nitrogen and oxygen atoms in total. The van der Waals surface area contributed by atoms with Gasteiger partial charge in [-0.15, -0.1) is 8.80 Å². The monoisotopic (exact) mass is 318 g/mol.